The summed E-state index contributed by atoms with van der Waals surface area (Å²) in [5.74, 6) is 0. The molecule has 4 aliphatic rings. The van der Waals surface area contributed by atoms with Gasteiger partial charge in [-0.2, -0.15) is 0 Å². The third kappa shape index (κ3) is 7.65. The second-order valence-electron chi connectivity index (χ2n) is 13.4. The van der Waals surface area contributed by atoms with Crippen molar-refractivity contribution in [3.05, 3.63) is 167 Å². The number of H-pyrrole nitrogens is 4. The first-order chi connectivity index (χ1) is 26.6. The Balaban J connectivity index is 0.000000145. The number of hydrogen-bond acceptors (Lipinski definition) is 4. The number of fused-ring (bicyclic) bond motifs is 16. The van der Waals surface area contributed by atoms with E-state index in [0.29, 0.717) is 0 Å². The van der Waals surface area contributed by atoms with Crippen LogP contribution in [0.2, 0.25) is 0 Å². The molecule has 0 unspecified atom stereocenters. The van der Waals surface area contributed by atoms with Crippen LogP contribution in [0.5, 0.6) is 0 Å². The number of hydrogen-bond donors (Lipinski definition) is 4. The van der Waals surface area contributed by atoms with Gasteiger partial charge in [-0.1, -0.05) is 30.3 Å². The average molecular weight is 894 g/mol. The van der Waals surface area contributed by atoms with E-state index in [0.717, 1.165) is 95.2 Å². The van der Waals surface area contributed by atoms with E-state index in [4.69, 9.17) is 4.98 Å². The number of rotatable bonds is 1. The van der Waals surface area contributed by atoms with Crippen molar-refractivity contribution in [3.63, 3.8) is 0 Å². The number of benzene rings is 1. The Morgan fingerprint density at radius 3 is 1.05 bits per heavy atom. The van der Waals surface area contributed by atoms with E-state index in [1.807, 2.05) is 85.0 Å². The van der Waals surface area contributed by atoms with Crippen LogP contribution in [-0.2, 0) is 22.4 Å². The normalized spacial score (nSPS) is 12.3. The second kappa shape index (κ2) is 14.5. The predicted molar refractivity (Wildman–Crippen MR) is 223 cm³/mol. The summed E-state index contributed by atoms with van der Waals surface area (Å²) in [4.78, 5) is 32.5. The van der Waals surface area contributed by atoms with Crippen LogP contribution < -0.4 is 0 Å². The van der Waals surface area contributed by atoms with Crippen LogP contribution in [-0.4, -0.2) is 39.9 Å². The van der Waals surface area contributed by atoms with Crippen molar-refractivity contribution in [3.8, 4) is 11.1 Å². The first-order valence-electron chi connectivity index (χ1n) is 17.8. The zero-order valence-corrected chi connectivity index (χ0v) is 31.4. The third-order valence-electron chi connectivity index (χ3n) is 9.30. The summed E-state index contributed by atoms with van der Waals surface area (Å²) in [6.45, 7) is 0. The molecule has 10 heterocycles. The minimum absolute atomic E-state index is 0. The summed E-state index contributed by atoms with van der Waals surface area (Å²) in [5, 5.41) is 0. The van der Waals surface area contributed by atoms with Crippen molar-refractivity contribution < 1.29 is 22.4 Å². The number of nitrogens with one attached hydrogen (secondary N) is 4. The molecule has 4 aliphatic heterocycles. The van der Waals surface area contributed by atoms with Gasteiger partial charge < -0.3 is 19.9 Å². The number of aromatic amines is 4. The van der Waals surface area contributed by atoms with Crippen LogP contribution in [0.1, 0.15) is 45.6 Å². The Hall–Kier alpha value is -6.84. The molecule has 0 saturated heterocycles. The molecule has 0 spiro atoms. The first kappa shape index (κ1) is 34.0. The van der Waals surface area contributed by atoms with Gasteiger partial charge in [-0.05, 0) is 145 Å². The van der Waals surface area contributed by atoms with E-state index in [1.165, 1.54) is 5.56 Å². The topological polar surface area (TPSA) is 115 Å². The van der Waals surface area contributed by atoms with Crippen LogP contribution in [0.3, 0.4) is 0 Å². The minimum Gasteiger partial charge on any atom is -0.355 e. The maximum atomic E-state index is 4.76. The van der Waals surface area contributed by atoms with Crippen LogP contribution in [0, 0.1) is 0 Å². The van der Waals surface area contributed by atoms with E-state index >= 15 is 0 Å². The van der Waals surface area contributed by atoms with Crippen molar-refractivity contribution in [2.24, 2.45) is 0 Å². The Kier molecular flexibility index (Phi) is 8.97. The smallest absolute Gasteiger partial charge is 0.0659 e. The molecule has 267 valence electrons. The molecule has 55 heavy (non-hydrogen) atoms. The molecule has 6 aromatic heterocycles. The zero-order valence-electron chi connectivity index (χ0n) is 29.3. The number of aromatic nitrogens is 8. The van der Waals surface area contributed by atoms with Gasteiger partial charge in [0.2, 0.25) is 0 Å². The summed E-state index contributed by atoms with van der Waals surface area (Å²) in [6.07, 6.45) is 16.1. The van der Waals surface area contributed by atoms with Crippen molar-refractivity contribution in [2.75, 3.05) is 0 Å². The third-order valence-corrected chi connectivity index (χ3v) is 9.30. The molecule has 8 nitrogen and oxygen atoms in total. The van der Waals surface area contributed by atoms with Crippen molar-refractivity contribution in [2.45, 2.75) is 0 Å². The molecule has 0 atom stereocenters. The molecule has 1 aromatic carbocycles. The SMILES string of the molecule is C1=Cc2cc3ccc(cc4cc(-c5ccccc5)c(cc5nc(cc1n2)C=C5)[nH]4)[nH]3.C1=Cc2cc3ccc(cc4ccc(cc5nc(cc1n2)C=C5)[nH]4)[nH]3.[Au]. The molecule has 0 aliphatic carbocycles. The van der Waals surface area contributed by atoms with Gasteiger partial charge in [-0.3, -0.25) is 0 Å². The summed E-state index contributed by atoms with van der Waals surface area (Å²) >= 11 is 0. The van der Waals surface area contributed by atoms with Crippen LogP contribution in [0.15, 0.2) is 121 Å². The molecular formula is C46H32AuN8. The Morgan fingerprint density at radius 1 is 0.291 bits per heavy atom. The molecule has 0 amide bonds. The number of nitrogens with zero attached hydrogens (tertiary/aromatic N) is 4. The van der Waals surface area contributed by atoms with E-state index in [-0.39, 0.29) is 22.4 Å². The van der Waals surface area contributed by atoms with Gasteiger partial charge in [0.05, 0.1) is 45.6 Å². The van der Waals surface area contributed by atoms with Gasteiger partial charge in [-0.25, -0.2) is 19.9 Å². The minimum atomic E-state index is 0. The molecule has 16 bridgehead atoms. The standard InChI is InChI=1S/C26H18N4.C20H14N4.Au/c1-2-4-17(5-3-1)25-15-24-14-22-9-8-20(28-22)12-18-6-7-19(27-18)13-21-10-11-23(29-21)16-26(25)30-24;1-2-14-10-16-5-6-18(23-16)12-20-8-7-19(24-20)11-17-4-3-15(22-17)9-13(1)21-14;/h1-16,28,30H;1-12,21-22H;. The molecule has 9 heteroatoms. The summed E-state index contributed by atoms with van der Waals surface area (Å²) < 4.78 is 0. The molecule has 7 aromatic rings. The zero-order chi connectivity index (χ0) is 35.8. The van der Waals surface area contributed by atoms with Gasteiger partial charge in [0.1, 0.15) is 0 Å². The van der Waals surface area contributed by atoms with Crippen LogP contribution >= 0.6 is 0 Å². The van der Waals surface area contributed by atoms with Crippen molar-refractivity contribution >= 4 is 92.7 Å². The van der Waals surface area contributed by atoms with E-state index in [1.54, 1.807) is 0 Å². The maximum Gasteiger partial charge on any atom is 0.0659 e. The van der Waals surface area contributed by atoms with Gasteiger partial charge in [0.25, 0.3) is 0 Å². The monoisotopic (exact) mass is 893 g/mol. The Bertz CT molecular complexity index is 2970. The predicted octanol–water partition coefficient (Wildman–Crippen LogP) is 11.0. The molecular weight excluding hydrogens is 862 g/mol. The fraction of sp³-hybridized carbons (Fsp3) is 0. The summed E-state index contributed by atoms with van der Waals surface area (Å²) in [5.41, 5.74) is 18.0. The van der Waals surface area contributed by atoms with Crippen molar-refractivity contribution in [1.82, 2.24) is 39.9 Å². The molecule has 0 saturated carbocycles. The van der Waals surface area contributed by atoms with Gasteiger partial charge in [-0.15, -0.1) is 0 Å². The first-order valence-corrected chi connectivity index (χ1v) is 17.8. The Labute approximate surface area is 331 Å². The van der Waals surface area contributed by atoms with Gasteiger partial charge in [0, 0.05) is 72.1 Å². The fourth-order valence-electron chi connectivity index (χ4n) is 6.82. The molecule has 4 N–H and O–H groups in total. The maximum absolute atomic E-state index is 4.76. The summed E-state index contributed by atoms with van der Waals surface area (Å²) in [6, 6.07) is 41.4. The van der Waals surface area contributed by atoms with E-state index in [9.17, 15) is 0 Å². The van der Waals surface area contributed by atoms with E-state index < -0.39 is 0 Å². The molecule has 11 rings (SSSR count). The van der Waals surface area contributed by atoms with E-state index in [2.05, 4.69) is 120 Å². The van der Waals surface area contributed by atoms with Crippen molar-refractivity contribution in [1.29, 1.82) is 0 Å². The van der Waals surface area contributed by atoms with Crippen LogP contribution in [0.4, 0.5) is 0 Å². The second-order valence-corrected chi connectivity index (χ2v) is 13.4. The Morgan fingerprint density at radius 2 is 0.636 bits per heavy atom. The van der Waals surface area contributed by atoms with Crippen LogP contribution in [0.25, 0.3) is 104 Å². The average Bonchev–Trinajstić information content (AvgIpc) is 4.01. The van der Waals surface area contributed by atoms with Gasteiger partial charge >= 0.3 is 0 Å². The molecule has 1 radical (unpaired) electrons. The fourth-order valence-corrected chi connectivity index (χ4v) is 6.82. The largest absolute Gasteiger partial charge is 0.355 e. The summed E-state index contributed by atoms with van der Waals surface area (Å²) in [7, 11) is 0. The molecule has 0 fully saturated rings. The quantitative estimate of drug-likeness (QED) is 0.123. The van der Waals surface area contributed by atoms with Gasteiger partial charge in [0.15, 0.2) is 0 Å².